The summed E-state index contributed by atoms with van der Waals surface area (Å²) in [5, 5.41) is 0. The van der Waals surface area contributed by atoms with E-state index in [-0.39, 0.29) is 0 Å². The minimum Gasteiger partial charge on any atom is -0.496 e. The quantitative estimate of drug-likeness (QED) is 0.701. The fourth-order valence-corrected chi connectivity index (χ4v) is 2.51. The van der Waals surface area contributed by atoms with Gasteiger partial charge < -0.3 is 4.74 Å². The van der Waals surface area contributed by atoms with Crippen LogP contribution < -0.4 is 4.74 Å². The van der Waals surface area contributed by atoms with E-state index in [1.54, 1.807) is 7.11 Å². The smallest absolute Gasteiger partial charge is 0.123 e. The van der Waals surface area contributed by atoms with Gasteiger partial charge in [0.15, 0.2) is 0 Å². The first kappa shape index (κ1) is 15.1. The molecule has 0 aromatic heterocycles. The molecule has 1 aromatic carbocycles. The first-order chi connectivity index (χ1) is 8.21. The van der Waals surface area contributed by atoms with Gasteiger partial charge in [0.1, 0.15) is 5.75 Å². The first-order valence-electron chi connectivity index (χ1n) is 5.38. The Labute approximate surface area is 121 Å². The van der Waals surface area contributed by atoms with Gasteiger partial charge >= 0.3 is 0 Å². The van der Waals surface area contributed by atoms with Crippen LogP contribution in [0.1, 0.15) is 5.56 Å². The minimum atomic E-state index is 0.604. The molecule has 0 bridgehead atoms. The molecule has 17 heavy (non-hydrogen) atoms. The summed E-state index contributed by atoms with van der Waals surface area (Å²) in [6.07, 6.45) is 0. The Kier molecular flexibility index (Phi) is 7.28. The molecule has 0 radical (unpaired) electrons. The molecule has 2 nitrogen and oxygen atoms in total. The zero-order valence-corrected chi connectivity index (χ0v) is 12.9. The minimum absolute atomic E-state index is 0.604. The van der Waals surface area contributed by atoms with Crippen molar-refractivity contribution in [3.63, 3.8) is 0 Å². The number of benzene rings is 1. The highest BCUT2D eigenvalue weighted by Crippen LogP contribution is 2.24. The summed E-state index contributed by atoms with van der Waals surface area (Å²) in [5.74, 6) is 2.10. The lowest BCUT2D eigenvalue weighted by atomic mass is 10.2. The van der Waals surface area contributed by atoms with Gasteiger partial charge in [0.25, 0.3) is 0 Å². The van der Waals surface area contributed by atoms with E-state index in [4.69, 9.17) is 27.9 Å². The van der Waals surface area contributed by atoms with Crippen LogP contribution in [0.5, 0.6) is 5.75 Å². The molecule has 0 amide bonds. The molecule has 0 fully saturated rings. The van der Waals surface area contributed by atoms with Crippen molar-refractivity contribution in [2.45, 2.75) is 6.54 Å². The lowest BCUT2D eigenvalue weighted by molar-refractivity contribution is 0.292. The highest BCUT2D eigenvalue weighted by Gasteiger charge is 2.09. The van der Waals surface area contributed by atoms with Crippen LogP contribution >= 0.6 is 39.1 Å². The Hall–Kier alpha value is 0.0400. The highest BCUT2D eigenvalue weighted by molar-refractivity contribution is 9.10. The maximum atomic E-state index is 5.78. The number of halogens is 3. The van der Waals surface area contributed by atoms with Gasteiger partial charge in [-0.25, -0.2) is 0 Å². The predicted molar refractivity (Wildman–Crippen MR) is 77.4 cm³/mol. The van der Waals surface area contributed by atoms with Gasteiger partial charge in [-0.15, -0.1) is 23.2 Å². The molecular weight excluding hydrogens is 325 g/mol. The Morgan fingerprint density at radius 2 is 1.88 bits per heavy atom. The van der Waals surface area contributed by atoms with Gasteiger partial charge in [-0.1, -0.05) is 15.9 Å². The molecule has 1 rings (SSSR count). The second-order valence-corrected chi connectivity index (χ2v) is 5.28. The van der Waals surface area contributed by atoms with E-state index in [0.717, 1.165) is 35.4 Å². The van der Waals surface area contributed by atoms with Gasteiger partial charge in [-0.2, -0.15) is 0 Å². The van der Waals surface area contributed by atoms with E-state index in [1.807, 2.05) is 12.1 Å². The van der Waals surface area contributed by atoms with Crippen LogP contribution in [0.15, 0.2) is 22.7 Å². The van der Waals surface area contributed by atoms with E-state index >= 15 is 0 Å². The van der Waals surface area contributed by atoms with Crippen molar-refractivity contribution in [2.24, 2.45) is 0 Å². The summed E-state index contributed by atoms with van der Waals surface area (Å²) in [4.78, 5) is 2.21. The fourth-order valence-electron chi connectivity index (χ4n) is 1.62. The van der Waals surface area contributed by atoms with Crippen LogP contribution in [0.3, 0.4) is 0 Å². The van der Waals surface area contributed by atoms with Gasteiger partial charge in [0.05, 0.1) is 7.11 Å². The van der Waals surface area contributed by atoms with E-state index in [2.05, 4.69) is 26.9 Å². The second-order valence-electron chi connectivity index (χ2n) is 3.61. The second kappa shape index (κ2) is 8.20. The van der Waals surface area contributed by atoms with Crippen LogP contribution in [0.4, 0.5) is 0 Å². The van der Waals surface area contributed by atoms with E-state index in [9.17, 15) is 0 Å². The largest absolute Gasteiger partial charge is 0.496 e. The number of hydrogen-bond acceptors (Lipinski definition) is 2. The number of methoxy groups -OCH3 is 1. The van der Waals surface area contributed by atoms with Crippen molar-refractivity contribution < 1.29 is 4.74 Å². The van der Waals surface area contributed by atoms with Gasteiger partial charge in [-0.05, 0) is 18.2 Å². The Bertz CT molecular complexity index is 343. The lowest BCUT2D eigenvalue weighted by Gasteiger charge is -2.21. The molecule has 0 heterocycles. The summed E-state index contributed by atoms with van der Waals surface area (Å²) in [6.45, 7) is 2.44. The molecule has 0 saturated carbocycles. The predicted octanol–water partition coefficient (Wildman–Crippen LogP) is 3.74. The average molecular weight is 341 g/mol. The van der Waals surface area contributed by atoms with Crippen LogP contribution in [0.2, 0.25) is 0 Å². The summed E-state index contributed by atoms with van der Waals surface area (Å²) >= 11 is 15.0. The third-order valence-electron chi connectivity index (χ3n) is 2.44. The van der Waals surface area contributed by atoms with Crippen molar-refractivity contribution in [2.75, 3.05) is 32.0 Å². The van der Waals surface area contributed by atoms with Crippen LogP contribution in [-0.4, -0.2) is 36.9 Å². The van der Waals surface area contributed by atoms with Crippen molar-refractivity contribution in [1.29, 1.82) is 0 Å². The lowest BCUT2D eigenvalue weighted by Crippen LogP contribution is -2.27. The topological polar surface area (TPSA) is 12.5 Å². The van der Waals surface area contributed by atoms with E-state index in [1.165, 1.54) is 0 Å². The number of hydrogen-bond donors (Lipinski definition) is 0. The van der Waals surface area contributed by atoms with Crippen LogP contribution in [0, 0.1) is 0 Å². The molecule has 0 unspecified atom stereocenters. The summed E-state index contributed by atoms with van der Waals surface area (Å²) in [5.41, 5.74) is 1.14. The number of ether oxygens (including phenoxy) is 1. The van der Waals surface area contributed by atoms with Gasteiger partial charge in [0.2, 0.25) is 0 Å². The summed E-state index contributed by atoms with van der Waals surface area (Å²) in [6, 6.07) is 5.99. The number of rotatable bonds is 7. The molecule has 0 spiro atoms. The standard InChI is InChI=1S/C12H16BrCl2NO/c1-17-12-3-2-11(13)8-10(12)9-16(6-4-14)7-5-15/h2-3,8H,4-7,9H2,1H3. The summed E-state index contributed by atoms with van der Waals surface area (Å²) in [7, 11) is 1.68. The van der Waals surface area contributed by atoms with Crippen molar-refractivity contribution in [3.05, 3.63) is 28.2 Å². The number of alkyl halides is 2. The third-order valence-corrected chi connectivity index (χ3v) is 3.27. The van der Waals surface area contributed by atoms with Crippen molar-refractivity contribution >= 4 is 39.1 Å². The molecular formula is C12H16BrCl2NO. The van der Waals surface area contributed by atoms with Crippen molar-refractivity contribution in [3.8, 4) is 5.75 Å². The fraction of sp³-hybridized carbons (Fsp3) is 0.500. The average Bonchev–Trinajstić information content (AvgIpc) is 2.30. The molecule has 0 aliphatic heterocycles. The maximum absolute atomic E-state index is 5.78. The molecule has 1 aromatic rings. The molecule has 0 aliphatic rings. The normalized spacial score (nSPS) is 10.9. The molecule has 0 saturated heterocycles. The zero-order valence-electron chi connectivity index (χ0n) is 9.76. The monoisotopic (exact) mass is 339 g/mol. The van der Waals surface area contributed by atoms with Crippen molar-refractivity contribution in [1.82, 2.24) is 4.90 Å². The van der Waals surface area contributed by atoms with Gasteiger partial charge in [0, 0.05) is 41.4 Å². The first-order valence-corrected chi connectivity index (χ1v) is 7.24. The molecule has 0 atom stereocenters. The third kappa shape index (κ3) is 5.04. The Morgan fingerprint density at radius 3 is 2.41 bits per heavy atom. The molecule has 5 heteroatoms. The molecule has 0 N–H and O–H groups in total. The van der Waals surface area contributed by atoms with Crippen LogP contribution in [0.25, 0.3) is 0 Å². The van der Waals surface area contributed by atoms with E-state index < -0.39 is 0 Å². The highest BCUT2D eigenvalue weighted by atomic mass is 79.9. The Balaban J connectivity index is 2.79. The van der Waals surface area contributed by atoms with Gasteiger partial charge in [-0.3, -0.25) is 4.90 Å². The van der Waals surface area contributed by atoms with Crippen LogP contribution in [-0.2, 0) is 6.54 Å². The summed E-state index contributed by atoms with van der Waals surface area (Å²) < 4.78 is 6.39. The molecule has 0 aliphatic carbocycles. The zero-order chi connectivity index (χ0) is 12.7. The SMILES string of the molecule is COc1ccc(Br)cc1CN(CCCl)CCCl. The Morgan fingerprint density at radius 1 is 1.24 bits per heavy atom. The molecule has 96 valence electrons. The van der Waals surface area contributed by atoms with E-state index in [0.29, 0.717) is 11.8 Å². The maximum Gasteiger partial charge on any atom is 0.123 e. The number of nitrogens with zero attached hydrogens (tertiary/aromatic N) is 1.